The van der Waals surface area contributed by atoms with Crippen molar-refractivity contribution >= 4 is 0 Å². The quantitative estimate of drug-likeness (QED) is 0.550. The molecule has 57 valence electrons. The Balaban J connectivity index is 0.000000167. The minimum Gasteiger partial charge on any atom is -0.450 e. The van der Waals surface area contributed by atoms with Gasteiger partial charge in [-0.1, -0.05) is 37.4 Å². The van der Waals surface area contributed by atoms with Gasteiger partial charge in [0.2, 0.25) is 0 Å². The number of nitrogens with zero attached hydrogens (tertiary/aromatic N) is 4. The van der Waals surface area contributed by atoms with E-state index >= 15 is 0 Å². The van der Waals surface area contributed by atoms with Crippen LogP contribution in [0.4, 0.5) is 0 Å². The van der Waals surface area contributed by atoms with E-state index in [1.54, 1.807) is 24.8 Å². The van der Waals surface area contributed by atoms with Gasteiger partial charge in [0.25, 0.3) is 0 Å². The van der Waals surface area contributed by atoms with Gasteiger partial charge < -0.3 is 19.9 Å². The number of hydrogen-bond acceptors (Lipinski definition) is 2. The Kier molecular flexibility index (Phi) is 6.37. The fraction of sp³-hybridized carbons (Fsp3) is 0. The summed E-state index contributed by atoms with van der Waals surface area (Å²) in [6.07, 6.45) is 9.56. The topological polar surface area (TPSA) is 54.0 Å². The molecule has 11 heavy (non-hydrogen) atoms. The molecule has 4 nitrogen and oxygen atoms in total. The van der Waals surface area contributed by atoms with E-state index in [4.69, 9.17) is 0 Å². The first-order valence-corrected chi connectivity index (χ1v) is 2.73. The summed E-state index contributed by atoms with van der Waals surface area (Å²) in [7, 11) is 0. The van der Waals surface area contributed by atoms with Crippen molar-refractivity contribution in [2.24, 2.45) is 0 Å². The van der Waals surface area contributed by atoms with Crippen LogP contribution in [-0.4, -0.2) is 9.97 Å². The van der Waals surface area contributed by atoms with Gasteiger partial charge in [0.1, 0.15) is 0 Å². The summed E-state index contributed by atoms with van der Waals surface area (Å²) in [5.74, 6) is 0. The molecular formula is C6H6MnN4. The minimum absolute atomic E-state index is 0. The monoisotopic (exact) mass is 189 g/mol. The second kappa shape index (κ2) is 7.05. The summed E-state index contributed by atoms with van der Waals surface area (Å²) in [5.41, 5.74) is 0. The van der Waals surface area contributed by atoms with Crippen LogP contribution in [0.2, 0.25) is 0 Å². The van der Waals surface area contributed by atoms with E-state index < -0.39 is 0 Å². The molecule has 0 aromatic carbocycles. The molecule has 0 aliphatic heterocycles. The maximum Gasteiger partial charge on any atom is 2.00 e. The van der Waals surface area contributed by atoms with Gasteiger partial charge in [-0.3, -0.25) is 0 Å². The molecule has 0 aliphatic carbocycles. The molecule has 0 spiro atoms. The van der Waals surface area contributed by atoms with E-state index in [0.29, 0.717) is 0 Å². The Morgan fingerprint density at radius 3 is 1.36 bits per heavy atom. The molecule has 2 heterocycles. The van der Waals surface area contributed by atoms with Gasteiger partial charge in [-0.05, 0) is 0 Å². The fourth-order valence-electron chi connectivity index (χ4n) is 0.385. The van der Waals surface area contributed by atoms with Crippen LogP contribution in [0.3, 0.4) is 0 Å². The molecule has 0 unspecified atom stereocenters. The van der Waals surface area contributed by atoms with E-state index in [0.717, 1.165) is 0 Å². The summed E-state index contributed by atoms with van der Waals surface area (Å²) < 4.78 is 0. The molecule has 2 aromatic heterocycles. The zero-order valence-electron chi connectivity index (χ0n) is 5.63. The number of imidazole rings is 2. The summed E-state index contributed by atoms with van der Waals surface area (Å²) in [6, 6.07) is 0. The van der Waals surface area contributed by atoms with Gasteiger partial charge in [0.05, 0.1) is 0 Å². The van der Waals surface area contributed by atoms with Crippen LogP contribution in [-0.2, 0) is 17.1 Å². The smallest absolute Gasteiger partial charge is 0.450 e. The molecular weight excluding hydrogens is 183 g/mol. The molecule has 0 fully saturated rings. The minimum atomic E-state index is 0. The third kappa shape index (κ3) is 5.39. The van der Waals surface area contributed by atoms with Gasteiger partial charge in [0, 0.05) is 0 Å². The Morgan fingerprint density at radius 1 is 0.818 bits per heavy atom. The molecule has 0 bridgehead atoms. The van der Waals surface area contributed by atoms with E-state index in [1.807, 2.05) is 0 Å². The van der Waals surface area contributed by atoms with Crippen LogP contribution >= 0.6 is 0 Å². The average Bonchev–Trinajstić information content (AvgIpc) is 2.67. The first-order chi connectivity index (χ1) is 5.00. The predicted octanol–water partition coefficient (Wildman–Crippen LogP) is 0.0751. The third-order valence-electron chi connectivity index (χ3n) is 0.744. The molecule has 1 radical (unpaired) electrons. The second-order valence-electron chi connectivity index (χ2n) is 1.42. The SMILES string of the molecule is [Mn+2].c1c[n-]cn1.c1c[n-]cn1. The van der Waals surface area contributed by atoms with Crippen LogP contribution in [0, 0.1) is 0 Å². The maximum atomic E-state index is 3.61. The van der Waals surface area contributed by atoms with Crippen molar-refractivity contribution < 1.29 is 17.1 Å². The first kappa shape index (κ1) is 9.94. The van der Waals surface area contributed by atoms with Crippen molar-refractivity contribution in [3.63, 3.8) is 0 Å². The van der Waals surface area contributed by atoms with Crippen LogP contribution in [0.15, 0.2) is 37.4 Å². The summed E-state index contributed by atoms with van der Waals surface area (Å²) in [4.78, 5) is 14.4. The Labute approximate surface area is 74.9 Å². The van der Waals surface area contributed by atoms with Gasteiger partial charge in [-0.2, -0.15) is 0 Å². The van der Waals surface area contributed by atoms with E-state index in [9.17, 15) is 0 Å². The molecule has 0 aliphatic rings. The first-order valence-electron chi connectivity index (χ1n) is 2.73. The van der Waals surface area contributed by atoms with Crippen LogP contribution < -0.4 is 9.97 Å². The number of hydrogen-bond donors (Lipinski definition) is 0. The van der Waals surface area contributed by atoms with Gasteiger partial charge in [-0.25, -0.2) is 0 Å². The van der Waals surface area contributed by atoms with E-state index in [-0.39, 0.29) is 17.1 Å². The van der Waals surface area contributed by atoms with Crippen molar-refractivity contribution in [3.8, 4) is 0 Å². The van der Waals surface area contributed by atoms with E-state index in [2.05, 4.69) is 19.9 Å². The largest absolute Gasteiger partial charge is 2.00 e. The zero-order chi connectivity index (χ0) is 7.07. The normalized spacial score (nSPS) is 7.27. The standard InChI is InChI=1S/2C3H3N2.Mn/c2*1-2-5-3-4-1;/h2*1-3H;/q2*-1;+2. The zero-order valence-corrected chi connectivity index (χ0v) is 6.81. The summed E-state index contributed by atoms with van der Waals surface area (Å²) in [6.45, 7) is 0. The number of aromatic nitrogens is 4. The Morgan fingerprint density at radius 2 is 1.27 bits per heavy atom. The van der Waals surface area contributed by atoms with Crippen molar-refractivity contribution in [2.75, 3.05) is 0 Å². The Bertz CT molecular complexity index is 154. The molecule has 0 N–H and O–H groups in total. The van der Waals surface area contributed by atoms with Crippen molar-refractivity contribution in [1.82, 2.24) is 19.9 Å². The van der Waals surface area contributed by atoms with Crippen molar-refractivity contribution in [2.45, 2.75) is 0 Å². The van der Waals surface area contributed by atoms with Crippen LogP contribution in [0.1, 0.15) is 0 Å². The molecule has 0 amide bonds. The summed E-state index contributed by atoms with van der Waals surface area (Å²) >= 11 is 0. The second-order valence-corrected chi connectivity index (χ2v) is 1.42. The van der Waals surface area contributed by atoms with Gasteiger partial charge >= 0.3 is 17.1 Å². The van der Waals surface area contributed by atoms with Gasteiger partial charge in [0.15, 0.2) is 0 Å². The molecule has 0 saturated heterocycles. The van der Waals surface area contributed by atoms with Crippen molar-refractivity contribution in [1.29, 1.82) is 0 Å². The molecule has 0 saturated carbocycles. The fourth-order valence-corrected chi connectivity index (χ4v) is 0.385. The summed E-state index contributed by atoms with van der Waals surface area (Å²) in [5, 5.41) is 0. The third-order valence-corrected chi connectivity index (χ3v) is 0.744. The average molecular weight is 189 g/mol. The van der Waals surface area contributed by atoms with Crippen LogP contribution in [0.5, 0.6) is 0 Å². The predicted molar refractivity (Wildman–Crippen MR) is 35.1 cm³/mol. The van der Waals surface area contributed by atoms with Crippen LogP contribution in [0.25, 0.3) is 0 Å². The van der Waals surface area contributed by atoms with Gasteiger partial charge in [-0.15, -0.1) is 0 Å². The maximum absolute atomic E-state index is 3.61. The Hall–Kier alpha value is -1.06. The van der Waals surface area contributed by atoms with E-state index in [1.165, 1.54) is 12.7 Å². The van der Waals surface area contributed by atoms with Crippen molar-refractivity contribution in [3.05, 3.63) is 37.4 Å². The molecule has 2 rings (SSSR count). The molecule has 5 heteroatoms. The number of rotatable bonds is 0. The molecule has 2 aromatic rings. The molecule has 0 atom stereocenters.